The van der Waals surface area contributed by atoms with Gasteiger partial charge < -0.3 is 14.2 Å². The first-order valence-corrected chi connectivity index (χ1v) is 12.1. The molecule has 0 spiro atoms. The summed E-state index contributed by atoms with van der Waals surface area (Å²) in [6.45, 7) is 0. The van der Waals surface area contributed by atoms with Crippen molar-refractivity contribution in [3.8, 4) is 5.75 Å². The summed E-state index contributed by atoms with van der Waals surface area (Å²) >= 11 is 1.71. The molecule has 3 aromatic rings. The van der Waals surface area contributed by atoms with Crippen molar-refractivity contribution in [2.24, 2.45) is 0 Å². The molecule has 0 fully saturated rings. The van der Waals surface area contributed by atoms with Gasteiger partial charge in [0.2, 0.25) is 5.79 Å². The van der Waals surface area contributed by atoms with Gasteiger partial charge in [-0.1, -0.05) is 23.9 Å². The number of methoxy groups -OCH3 is 3. The molecule has 0 saturated heterocycles. The molecule has 0 aliphatic carbocycles. The standard InChI is InChI=1S/C24H27O3S2/c1-25-20-10-14-22(15-11-20)28-21-12-6-18(7-13-21)24(26-2,27-3)19-8-16-23(17-9-19)29(4)5/h6-17H,1-5H3/q+1. The highest BCUT2D eigenvalue weighted by Crippen LogP contribution is 2.36. The van der Waals surface area contributed by atoms with Gasteiger partial charge in [-0.3, -0.25) is 0 Å². The molecule has 152 valence electrons. The molecular formula is C24H27O3S2+. The average Bonchev–Trinajstić information content (AvgIpc) is 2.77. The molecule has 0 bridgehead atoms. The van der Waals surface area contributed by atoms with Gasteiger partial charge in [-0.15, -0.1) is 0 Å². The molecule has 0 N–H and O–H groups in total. The summed E-state index contributed by atoms with van der Waals surface area (Å²) in [6, 6.07) is 24.9. The minimum atomic E-state index is -0.929. The van der Waals surface area contributed by atoms with Gasteiger partial charge in [0, 0.05) is 46.0 Å². The van der Waals surface area contributed by atoms with Crippen LogP contribution in [0.2, 0.25) is 0 Å². The fourth-order valence-corrected chi connectivity index (χ4v) is 4.69. The maximum atomic E-state index is 5.90. The topological polar surface area (TPSA) is 27.7 Å². The lowest BCUT2D eigenvalue weighted by molar-refractivity contribution is -0.183. The molecule has 29 heavy (non-hydrogen) atoms. The Labute approximate surface area is 180 Å². The number of rotatable bonds is 8. The summed E-state index contributed by atoms with van der Waals surface area (Å²) in [5.74, 6) is -0.0687. The molecule has 0 saturated carbocycles. The predicted molar refractivity (Wildman–Crippen MR) is 122 cm³/mol. The Kier molecular flexibility index (Phi) is 7.30. The molecule has 0 amide bonds. The SMILES string of the molecule is COc1ccc(Sc2ccc(C(OC)(OC)c3ccc([S+](C)C)cc3)cc2)cc1. The second kappa shape index (κ2) is 9.72. The van der Waals surface area contributed by atoms with Gasteiger partial charge in [0.25, 0.3) is 0 Å². The minimum absolute atomic E-state index is 0.220. The Morgan fingerprint density at radius 3 is 1.52 bits per heavy atom. The second-order valence-electron chi connectivity index (χ2n) is 6.67. The van der Waals surface area contributed by atoms with Gasteiger partial charge >= 0.3 is 0 Å². The second-order valence-corrected chi connectivity index (χ2v) is 9.92. The van der Waals surface area contributed by atoms with Crippen molar-refractivity contribution in [2.75, 3.05) is 33.8 Å². The van der Waals surface area contributed by atoms with Crippen molar-refractivity contribution < 1.29 is 14.2 Å². The van der Waals surface area contributed by atoms with E-state index in [1.807, 2.05) is 12.1 Å². The number of hydrogen-bond donors (Lipinski definition) is 0. The smallest absolute Gasteiger partial charge is 0.221 e. The molecule has 0 aliphatic rings. The average molecular weight is 428 g/mol. The normalized spacial score (nSPS) is 11.7. The molecular weight excluding hydrogens is 400 g/mol. The first kappa shape index (κ1) is 21.8. The Morgan fingerprint density at radius 2 is 1.10 bits per heavy atom. The number of benzene rings is 3. The fourth-order valence-electron chi connectivity index (χ4n) is 3.19. The van der Waals surface area contributed by atoms with E-state index < -0.39 is 5.79 Å². The van der Waals surface area contributed by atoms with Crippen LogP contribution in [0.5, 0.6) is 5.75 Å². The Morgan fingerprint density at radius 1 is 0.655 bits per heavy atom. The summed E-state index contributed by atoms with van der Waals surface area (Å²) in [5, 5.41) is 0. The molecule has 3 aromatic carbocycles. The monoisotopic (exact) mass is 427 g/mol. The highest BCUT2D eigenvalue weighted by Gasteiger charge is 2.34. The minimum Gasteiger partial charge on any atom is -0.497 e. The van der Waals surface area contributed by atoms with Crippen LogP contribution in [0.1, 0.15) is 11.1 Å². The lowest BCUT2D eigenvalue weighted by atomic mass is 9.97. The Hall–Kier alpha value is -1.92. The quantitative estimate of drug-likeness (QED) is 0.347. The highest BCUT2D eigenvalue weighted by molar-refractivity contribution is 7.99. The highest BCUT2D eigenvalue weighted by atomic mass is 32.2. The molecule has 0 atom stereocenters. The van der Waals surface area contributed by atoms with Crippen LogP contribution in [0.25, 0.3) is 0 Å². The van der Waals surface area contributed by atoms with Crippen LogP contribution >= 0.6 is 11.8 Å². The van der Waals surface area contributed by atoms with Crippen molar-refractivity contribution in [1.29, 1.82) is 0 Å². The van der Waals surface area contributed by atoms with E-state index in [4.69, 9.17) is 14.2 Å². The summed E-state index contributed by atoms with van der Waals surface area (Å²) in [4.78, 5) is 3.63. The largest absolute Gasteiger partial charge is 0.497 e. The summed E-state index contributed by atoms with van der Waals surface area (Å²) in [7, 11) is 5.26. The van der Waals surface area contributed by atoms with Gasteiger partial charge in [-0.2, -0.15) is 0 Å². The maximum absolute atomic E-state index is 5.90. The van der Waals surface area contributed by atoms with Crippen LogP contribution in [0.3, 0.4) is 0 Å². The van der Waals surface area contributed by atoms with Crippen LogP contribution < -0.4 is 4.74 Å². The van der Waals surface area contributed by atoms with Crippen LogP contribution in [-0.4, -0.2) is 33.8 Å². The van der Waals surface area contributed by atoms with Gasteiger partial charge in [-0.25, -0.2) is 0 Å². The lowest BCUT2D eigenvalue weighted by Gasteiger charge is -2.32. The predicted octanol–water partition coefficient (Wildman–Crippen LogP) is 5.58. The van der Waals surface area contributed by atoms with Gasteiger partial charge in [0.15, 0.2) is 4.90 Å². The maximum Gasteiger partial charge on any atom is 0.221 e. The molecule has 0 heterocycles. The molecule has 0 aromatic heterocycles. The fraction of sp³-hybridized carbons (Fsp3) is 0.250. The first-order valence-electron chi connectivity index (χ1n) is 9.23. The van der Waals surface area contributed by atoms with Crippen molar-refractivity contribution in [1.82, 2.24) is 0 Å². The lowest BCUT2D eigenvalue weighted by Crippen LogP contribution is -2.32. The van der Waals surface area contributed by atoms with E-state index in [-0.39, 0.29) is 10.9 Å². The third-order valence-corrected chi connectivity index (χ3v) is 7.04. The van der Waals surface area contributed by atoms with Gasteiger partial charge in [0.05, 0.1) is 7.11 Å². The zero-order valence-electron chi connectivity index (χ0n) is 17.5. The van der Waals surface area contributed by atoms with Crippen molar-refractivity contribution in [3.05, 3.63) is 83.9 Å². The van der Waals surface area contributed by atoms with Crippen molar-refractivity contribution >= 4 is 22.7 Å². The summed E-state index contributed by atoms with van der Waals surface area (Å²) in [5.41, 5.74) is 1.94. The van der Waals surface area contributed by atoms with E-state index in [9.17, 15) is 0 Å². The zero-order chi connectivity index (χ0) is 20.9. The first-order chi connectivity index (χ1) is 14.0. The third-order valence-electron chi connectivity index (χ3n) is 4.81. The zero-order valence-corrected chi connectivity index (χ0v) is 19.1. The van der Waals surface area contributed by atoms with Crippen molar-refractivity contribution in [3.63, 3.8) is 0 Å². The van der Waals surface area contributed by atoms with E-state index in [1.54, 1.807) is 33.1 Å². The van der Waals surface area contributed by atoms with E-state index >= 15 is 0 Å². The molecule has 3 nitrogen and oxygen atoms in total. The van der Waals surface area contributed by atoms with Gasteiger partial charge in [-0.05, 0) is 60.7 Å². The van der Waals surface area contributed by atoms with Crippen LogP contribution in [0, 0.1) is 0 Å². The molecule has 5 heteroatoms. The van der Waals surface area contributed by atoms with Crippen LogP contribution in [-0.2, 0) is 26.2 Å². The Bertz CT molecular complexity index is 900. The Balaban J connectivity index is 1.85. The summed E-state index contributed by atoms with van der Waals surface area (Å²) < 4.78 is 17.0. The van der Waals surface area contributed by atoms with E-state index in [2.05, 4.69) is 73.2 Å². The summed E-state index contributed by atoms with van der Waals surface area (Å²) in [6.07, 6.45) is 4.43. The van der Waals surface area contributed by atoms with Crippen molar-refractivity contribution in [2.45, 2.75) is 20.5 Å². The van der Waals surface area contributed by atoms with Gasteiger partial charge in [0.1, 0.15) is 18.3 Å². The van der Waals surface area contributed by atoms with Crippen LogP contribution in [0.15, 0.2) is 87.5 Å². The van der Waals surface area contributed by atoms with E-state index in [0.29, 0.717) is 0 Å². The number of hydrogen-bond acceptors (Lipinski definition) is 4. The van der Waals surface area contributed by atoms with E-state index in [0.717, 1.165) is 26.7 Å². The molecule has 3 rings (SSSR count). The van der Waals surface area contributed by atoms with Crippen LogP contribution in [0.4, 0.5) is 0 Å². The molecule has 0 aliphatic heterocycles. The third kappa shape index (κ3) is 4.81. The molecule has 0 radical (unpaired) electrons. The number of ether oxygens (including phenoxy) is 3. The molecule has 0 unspecified atom stereocenters. The van der Waals surface area contributed by atoms with E-state index in [1.165, 1.54) is 4.90 Å².